The fourth-order valence-corrected chi connectivity index (χ4v) is 5.42. The van der Waals surface area contributed by atoms with E-state index in [0.717, 1.165) is 28.2 Å². The number of nitrogens with zero attached hydrogens (tertiary/aromatic N) is 1. The highest BCUT2D eigenvalue weighted by atomic mass is 16.6. The number of aromatic nitrogens is 2. The Labute approximate surface area is 249 Å². The fraction of sp³-hybridized carbons (Fsp3) is 0.333. The second kappa shape index (κ2) is 13.8. The van der Waals surface area contributed by atoms with Crippen LogP contribution in [0.2, 0.25) is 0 Å². The Morgan fingerprint density at radius 3 is 1.98 bits per heavy atom. The zero-order chi connectivity index (χ0) is 30.2. The molecule has 10 nitrogen and oxygen atoms in total. The van der Waals surface area contributed by atoms with E-state index in [2.05, 4.69) is 4.98 Å². The number of ether oxygens (including phenoxy) is 6. The normalized spacial score (nSPS) is 18.4. The maximum Gasteiger partial charge on any atom is 0.330 e. The van der Waals surface area contributed by atoms with Crippen molar-refractivity contribution >= 4 is 0 Å². The molecule has 1 N–H and O–H groups in total. The van der Waals surface area contributed by atoms with Crippen LogP contribution in [0.4, 0.5) is 0 Å². The summed E-state index contributed by atoms with van der Waals surface area (Å²) >= 11 is 0. The number of rotatable bonds is 13. The third-order valence-electron chi connectivity index (χ3n) is 7.55. The van der Waals surface area contributed by atoms with Gasteiger partial charge >= 0.3 is 5.69 Å². The number of aromatic amines is 1. The smallest absolute Gasteiger partial charge is 0.330 e. The second-order valence-electron chi connectivity index (χ2n) is 10.1. The van der Waals surface area contributed by atoms with Crippen molar-refractivity contribution in [1.82, 2.24) is 9.55 Å². The minimum absolute atomic E-state index is 0.172. The van der Waals surface area contributed by atoms with E-state index in [9.17, 15) is 9.59 Å². The molecule has 0 aliphatic carbocycles. The molecule has 0 spiro atoms. The minimum atomic E-state index is -1.03. The van der Waals surface area contributed by atoms with Gasteiger partial charge in [-0.05, 0) is 41.0 Å². The average Bonchev–Trinajstić information content (AvgIpc) is 3.45. The van der Waals surface area contributed by atoms with Crippen LogP contribution < -0.4 is 20.7 Å². The molecule has 1 aromatic heterocycles. The standard InChI is InChI=1S/C33H36N2O8/c1-38-19-20-41-29-21-28(43-31(29)35-18-17-30(36)34-32(35)37)22-42-33(23-7-5-4-6-8-23,24-9-13-26(39-2)14-10-24)25-11-15-27(40-3)16-12-25/h4-18,28-29,31H,19-22H2,1-3H3,(H,34,36,37)/t28-,29-,31-/m1/s1. The van der Waals surface area contributed by atoms with E-state index in [1.807, 2.05) is 78.9 Å². The van der Waals surface area contributed by atoms with Crippen LogP contribution in [0.15, 0.2) is 101 Å². The quantitative estimate of drug-likeness (QED) is 0.185. The van der Waals surface area contributed by atoms with Crippen LogP contribution in [0.3, 0.4) is 0 Å². The molecule has 0 saturated carbocycles. The molecule has 4 aromatic rings. The van der Waals surface area contributed by atoms with Gasteiger partial charge in [-0.25, -0.2) is 4.79 Å². The van der Waals surface area contributed by atoms with Gasteiger partial charge in [0, 0.05) is 25.8 Å². The van der Waals surface area contributed by atoms with Crippen molar-refractivity contribution in [2.24, 2.45) is 0 Å². The van der Waals surface area contributed by atoms with Crippen molar-refractivity contribution in [2.75, 3.05) is 41.2 Å². The van der Waals surface area contributed by atoms with E-state index < -0.39 is 35.3 Å². The molecule has 2 heterocycles. The second-order valence-corrected chi connectivity index (χ2v) is 10.1. The molecule has 0 amide bonds. The molecule has 1 saturated heterocycles. The van der Waals surface area contributed by atoms with Crippen molar-refractivity contribution in [3.8, 4) is 11.5 Å². The summed E-state index contributed by atoms with van der Waals surface area (Å²) in [4.78, 5) is 26.7. The van der Waals surface area contributed by atoms with Crippen LogP contribution in [0.25, 0.3) is 0 Å². The molecule has 5 rings (SSSR count). The summed E-state index contributed by atoms with van der Waals surface area (Å²) in [5.74, 6) is 1.45. The van der Waals surface area contributed by atoms with E-state index in [1.165, 1.54) is 16.8 Å². The highest BCUT2D eigenvalue weighted by Gasteiger charge is 2.42. The monoisotopic (exact) mass is 588 g/mol. The van der Waals surface area contributed by atoms with E-state index >= 15 is 0 Å². The molecule has 3 atom stereocenters. The van der Waals surface area contributed by atoms with Gasteiger partial charge in [0.2, 0.25) is 0 Å². The van der Waals surface area contributed by atoms with Gasteiger partial charge in [-0.15, -0.1) is 0 Å². The molecule has 3 aromatic carbocycles. The van der Waals surface area contributed by atoms with E-state index in [-0.39, 0.29) is 6.61 Å². The Morgan fingerprint density at radius 2 is 1.42 bits per heavy atom. The first-order chi connectivity index (χ1) is 21.0. The van der Waals surface area contributed by atoms with Gasteiger partial charge in [0.15, 0.2) is 6.23 Å². The lowest BCUT2D eigenvalue weighted by molar-refractivity contribution is -0.0981. The van der Waals surface area contributed by atoms with E-state index in [1.54, 1.807) is 21.3 Å². The molecule has 0 unspecified atom stereocenters. The van der Waals surface area contributed by atoms with Gasteiger partial charge in [0.25, 0.3) is 5.56 Å². The summed E-state index contributed by atoms with van der Waals surface area (Å²) in [5.41, 5.74) is 0.623. The molecule has 10 heteroatoms. The largest absolute Gasteiger partial charge is 0.497 e. The lowest BCUT2D eigenvalue weighted by atomic mass is 9.80. The third-order valence-corrected chi connectivity index (χ3v) is 7.55. The van der Waals surface area contributed by atoms with Crippen LogP contribution in [-0.2, 0) is 24.5 Å². The van der Waals surface area contributed by atoms with Crippen LogP contribution in [0.1, 0.15) is 29.3 Å². The van der Waals surface area contributed by atoms with Gasteiger partial charge in [0.1, 0.15) is 23.2 Å². The van der Waals surface area contributed by atoms with Crippen molar-refractivity contribution in [1.29, 1.82) is 0 Å². The van der Waals surface area contributed by atoms with Gasteiger partial charge < -0.3 is 28.4 Å². The first-order valence-electron chi connectivity index (χ1n) is 14.0. The summed E-state index contributed by atoms with van der Waals surface area (Å²) in [7, 11) is 4.86. The van der Waals surface area contributed by atoms with Crippen molar-refractivity contribution in [3.05, 3.63) is 129 Å². The molecule has 43 heavy (non-hydrogen) atoms. The van der Waals surface area contributed by atoms with Gasteiger partial charge in [-0.2, -0.15) is 0 Å². The Kier molecular flexibility index (Phi) is 9.73. The van der Waals surface area contributed by atoms with Crippen LogP contribution in [0.5, 0.6) is 11.5 Å². The molecule has 0 bridgehead atoms. The summed E-state index contributed by atoms with van der Waals surface area (Å²) < 4.78 is 36.8. The number of hydrogen-bond donors (Lipinski definition) is 1. The zero-order valence-corrected chi connectivity index (χ0v) is 24.4. The molecule has 0 radical (unpaired) electrons. The lowest BCUT2D eigenvalue weighted by Gasteiger charge is -2.37. The number of nitrogens with one attached hydrogen (secondary N) is 1. The van der Waals surface area contributed by atoms with Crippen LogP contribution >= 0.6 is 0 Å². The topological polar surface area (TPSA) is 110 Å². The van der Waals surface area contributed by atoms with Crippen LogP contribution in [-0.4, -0.2) is 62.9 Å². The Balaban J connectivity index is 1.52. The van der Waals surface area contributed by atoms with E-state index in [0.29, 0.717) is 19.6 Å². The summed E-state index contributed by atoms with van der Waals surface area (Å²) in [5, 5.41) is 0. The zero-order valence-electron chi connectivity index (χ0n) is 24.4. The highest BCUT2D eigenvalue weighted by Crippen LogP contribution is 2.43. The van der Waals surface area contributed by atoms with Crippen molar-refractivity contribution < 1.29 is 28.4 Å². The first-order valence-corrected chi connectivity index (χ1v) is 14.0. The third kappa shape index (κ3) is 6.57. The highest BCUT2D eigenvalue weighted by molar-refractivity contribution is 5.49. The predicted molar refractivity (Wildman–Crippen MR) is 160 cm³/mol. The maximum atomic E-state index is 12.7. The van der Waals surface area contributed by atoms with Crippen LogP contribution in [0, 0.1) is 0 Å². The molecule has 1 fully saturated rings. The number of hydrogen-bond acceptors (Lipinski definition) is 8. The van der Waals surface area contributed by atoms with Crippen molar-refractivity contribution in [3.63, 3.8) is 0 Å². The maximum absolute atomic E-state index is 12.7. The number of benzene rings is 3. The SMILES string of the molecule is COCCO[C@@H]1C[C@H](COC(c2ccccc2)(c2ccc(OC)cc2)c2ccc(OC)cc2)O[C@H]1n1ccc(=O)[nH]c1=O. The Bertz CT molecular complexity index is 1520. The number of H-pyrrole nitrogens is 1. The minimum Gasteiger partial charge on any atom is -0.497 e. The molecular weight excluding hydrogens is 552 g/mol. The first kappa shape index (κ1) is 30.2. The lowest BCUT2D eigenvalue weighted by Crippen LogP contribution is -2.36. The number of methoxy groups -OCH3 is 3. The fourth-order valence-electron chi connectivity index (χ4n) is 5.42. The summed E-state index contributed by atoms with van der Waals surface area (Å²) in [6.45, 7) is 0.876. The molecule has 226 valence electrons. The van der Waals surface area contributed by atoms with Gasteiger partial charge in [-0.3, -0.25) is 14.3 Å². The predicted octanol–water partition coefficient (Wildman–Crippen LogP) is 3.88. The average molecular weight is 589 g/mol. The van der Waals surface area contributed by atoms with Crippen molar-refractivity contribution in [2.45, 2.75) is 30.5 Å². The molecular formula is C33H36N2O8. The Hall–Kier alpha value is -4.22. The van der Waals surface area contributed by atoms with Gasteiger partial charge in [-0.1, -0.05) is 54.6 Å². The van der Waals surface area contributed by atoms with E-state index in [4.69, 9.17) is 28.4 Å². The summed E-state index contributed by atoms with van der Waals surface area (Å²) in [6.07, 6.45) is 0.208. The molecule has 1 aliphatic heterocycles. The summed E-state index contributed by atoms with van der Waals surface area (Å²) in [6, 6.07) is 26.9. The molecule has 1 aliphatic rings. The van der Waals surface area contributed by atoms with Gasteiger partial charge in [0.05, 0.1) is 40.1 Å². The Morgan fingerprint density at radius 1 is 0.814 bits per heavy atom.